The van der Waals surface area contributed by atoms with Gasteiger partial charge in [0.2, 0.25) is 11.8 Å². The molecule has 26 heavy (non-hydrogen) atoms. The molecule has 2 amide bonds. The zero-order valence-corrected chi connectivity index (χ0v) is 15.9. The number of rotatable bonds is 5. The van der Waals surface area contributed by atoms with Gasteiger partial charge >= 0.3 is 0 Å². The Morgan fingerprint density at radius 3 is 2.62 bits per heavy atom. The molecule has 1 aliphatic rings. The number of amides is 2. The Balaban J connectivity index is 1.66. The molecule has 0 saturated carbocycles. The van der Waals surface area contributed by atoms with E-state index in [1.165, 1.54) is 12.1 Å². The van der Waals surface area contributed by atoms with Gasteiger partial charge < -0.3 is 10.6 Å². The molecule has 1 aromatic heterocycles. The van der Waals surface area contributed by atoms with Crippen molar-refractivity contribution in [2.24, 2.45) is 0 Å². The zero-order chi connectivity index (χ0) is 18.7. The van der Waals surface area contributed by atoms with E-state index >= 15 is 0 Å². The Morgan fingerprint density at radius 1 is 1.27 bits per heavy atom. The third kappa shape index (κ3) is 4.50. The van der Waals surface area contributed by atoms with Crippen LogP contribution in [0.15, 0.2) is 46.0 Å². The number of thiophene rings is 1. The van der Waals surface area contributed by atoms with Crippen molar-refractivity contribution >= 4 is 33.0 Å². The molecule has 138 valence electrons. The fraction of sp³-hybridized carbons (Fsp3) is 0.333. The fourth-order valence-corrected chi connectivity index (χ4v) is 4.35. The maximum atomic E-state index is 12.4. The third-order valence-electron chi connectivity index (χ3n) is 4.37. The van der Waals surface area contributed by atoms with Gasteiger partial charge in [0.15, 0.2) is 9.84 Å². The highest BCUT2D eigenvalue weighted by molar-refractivity contribution is 7.90. The van der Waals surface area contributed by atoms with Crippen molar-refractivity contribution in [3.8, 4) is 0 Å². The molecule has 2 heterocycles. The topological polar surface area (TPSA) is 92.3 Å². The van der Waals surface area contributed by atoms with Crippen LogP contribution in [-0.4, -0.2) is 32.5 Å². The van der Waals surface area contributed by atoms with Crippen LogP contribution in [-0.2, 0) is 25.8 Å². The molecule has 0 aliphatic carbocycles. The summed E-state index contributed by atoms with van der Waals surface area (Å²) in [5.74, 6) is -0.165. The van der Waals surface area contributed by atoms with E-state index in [4.69, 9.17) is 0 Å². The molecule has 0 bridgehead atoms. The molecule has 1 aromatic carbocycles. The lowest BCUT2D eigenvalue weighted by molar-refractivity contribution is -0.126. The third-order valence-corrected chi connectivity index (χ3v) is 6.20. The van der Waals surface area contributed by atoms with Gasteiger partial charge in [-0.25, -0.2) is 8.42 Å². The van der Waals surface area contributed by atoms with Crippen molar-refractivity contribution in [3.63, 3.8) is 0 Å². The minimum absolute atomic E-state index is 0.0111. The van der Waals surface area contributed by atoms with Crippen LogP contribution in [0.4, 0.5) is 0 Å². The summed E-state index contributed by atoms with van der Waals surface area (Å²) in [7, 11) is -3.25. The molecule has 1 fully saturated rings. The Kier molecular flexibility index (Phi) is 5.43. The van der Waals surface area contributed by atoms with Crippen LogP contribution in [0.5, 0.6) is 0 Å². The summed E-state index contributed by atoms with van der Waals surface area (Å²) in [5.41, 5.74) is 1.73. The number of benzene rings is 1. The second-order valence-electron chi connectivity index (χ2n) is 6.41. The standard InChI is InChI=1S/C18H20N2O4S2/c1-26(23,24)14-4-2-12(3-5-14)10-17(22)19-15-6-7-16(21)20-18(15)13-8-9-25-11-13/h2-5,8-9,11,15,18H,6-7,10H2,1H3,(H,19,22)(H,20,21)/t15-,18+/m1/s1. The van der Waals surface area contributed by atoms with E-state index in [2.05, 4.69) is 10.6 Å². The monoisotopic (exact) mass is 392 g/mol. The summed E-state index contributed by atoms with van der Waals surface area (Å²) in [4.78, 5) is 24.4. The first-order chi connectivity index (χ1) is 12.3. The van der Waals surface area contributed by atoms with E-state index in [9.17, 15) is 18.0 Å². The van der Waals surface area contributed by atoms with Crippen molar-refractivity contribution in [2.75, 3.05) is 6.26 Å². The predicted octanol–water partition coefficient (Wildman–Crippen LogP) is 1.83. The minimum Gasteiger partial charge on any atom is -0.351 e. The van der Waals surface area contributed by atoms with E-state index < -0.39 is 9.84 Å². The van der Waals surface area contributed by atoms with Gasteiger partial charge in [0, 0.05) is 12.7 Å². The number of sulfone groups is 1. The summed E-state index contributed by atoms with van der Waals surface area (Å²) in [6.45, 7) is 0. The number of nitrogens with one attached hydrogen (secondary N) is 2. The Morgan fingerprint density at radius 2 is 2.00 bits per heavy atom. The van der Waals surface area contributed by atoms with Gasteiger partial charge in [-0.3, -0.25) is 9.59 Å². The van der Waals surface area contributed by atoms with Gasteiger partial charge in [0.05, 0.1) is 23.4 Å². The van der Waals surface area contributed by atoms with Gasteiger partial charge in [-0.2, -0.15) is 11.3 Å². The smallest absolute Gasteiger partial charge is 0.224 e. The molecule has 2 atom stereocenters. The minimum atomic E-state index is -3.25. The number of piperidine rings is 1. The summed E-state index contributed by atoms with van der Waals surface area (Å²) in [5, 5.41) is 9.87. The van der Waals surface area contributed by atoms with Crippen LogP contribution in [0, 0.1) is 0 Å². The van der Waals surface area contributed by atoms with Crippen LogP contribution in [0.1, 0.15) is 30.0 Å². The molecule has 6 nitrogen and oxygen atoms in total. The van der Waals surface area contributed by atoms with Crippen molar-refractivity contribution in [1.82, 2.24) is 10.6 Å². The number of carbonyl (C=O) groups is 2. The van der Waals surface area contributed by atoms with Crippen molar-refractivity contribution in [3.05, 3.63) is 52.2 Å². The van der Waals surface area contributed by atoms with Gasteiger partial charge in [-0.05, 0) is 46.5 Å². The molecular formula is C18H20N2O4S2. The van der Waals surface area contributed by atoms with Crippen LogP contribution >= 0.6 is 11.3 Å². The largest absolute Gasteiger partial charge is 0.351 e. The Labute approximate surface area is 156 Å². The second-order valence-corrected chi connectivity index (χ2v) is 9.20. The Bertz CT molecular complexity index is 890. The van der Waals surface area contributed by atoms with Crippen LogP contribution in [0.2, 0.25) is 0 Å². The number of carbonyl (C=O) groups excluding carboxylic acids is 2. The summed E-state index contributed by atoms with van der Waals surface area (Å²) in [6, 6.07) is 7.87. The summed E-state index contributed by atoms with van der Waals surface area (Å²) < 4.78 is 23.0. The van der Waals surface area contributed by atoms with E-state index in [1.807, 2.05) is 16.8 Å². The molecule has 1 aliphatic heterocycles. The van der Waals surface area contributed by atoms with E-state index in [1.54, 1.807) is 23.5 Å². The van der Waals surface area contributed by atoms with Crippen molar-refractivity contribution in [1.29, 1.82) is 0 Å². The second kappa shape index (κ2) is 7.59. The molecule has 8 heteroatoms. The normalized spacial score (nSPS) is 20.4. The number of hydrogen-bond acceptors (Lipinski definition) is 5. The highest BCUT2D eigenvalue weighted by Gasteiger charge is 2.31. The van der Waals surface area contributed by atoms with Crippen molar-refractivity contribution in [2.45, 2.75) is 36.2 Å². The quantitative estimate of drug-likeness (QED) is 0.812. The summed E-state index contributed by atoms with van der Waals surface area (Å²) >= 11 is 1.55. The Hall–Kier alpha value is -2.19. The molecular weight excluding hydrogens is 372 g/mol. The maximum Gasteiger partial charge on any atom is 0.224 e. The maximum absolute atomic E-state index is 12.4. The van der Waals surface area contributed by atoms with E-state index in [-0.39, 0.29) is 35.2 Å². The highest BCUT2D eigenvalue weighted by atomic mass is 32.2. The van der Waals surface area contributed by atoms with Gasteiger partial charge in [0.25, 0.3) is 0 Å². The molecule has 3 rings (SSSR count). The first kappa shape index (κ1) is 18.6. The lowest BCUT2D eigenvalue weighted by atomic mass is 9.93. The molecule has 2 aromatic rings. The number of hydrogen-bond donors (Lipinski definition) is 2. The van der Waals surface area contributed by atoms with Crippen LogP contribution in [0.25, 0.3) is 0 Å². The molecule has 0 unspecified atom stereocenters. The van der Waals surface area contributed by atoms with Gasteiger partial charge in [-0.15, -0.1) is 0 Å². The van der Waals surface area contributed by atoms with E-state index in [0.717, 1.165) is 17.4 Å². The van der Waals surface area contributed by atoms with Gasteiger partial charge in [-0.1, -0.05) is 12.1 Å². The molecule has 1 saturated heterocycles. The predicted molar refractivity (Wildman–Crippen MR) is 99.6 cm³/mol. The van der Waals surface area contributed by atoms with E-state index in [0.29, 0.717) is 12.8 Å². The average molecular weight is 393 g/mol. The molecule has 0 spiro atoms. The molecule has 0 radical (unpaired) electrons. The fourth-order valence-electron chi connectivity index (χ4n) is 3.02. The average Bonchev–Trinajstić information content (AvgIpc) is 3.10. The van der Waals surface area contributed by atoms with Crippen LogP contribution < -0.4 is 10.6 Å². The summed E-state index contributed by atoms with van der Waals surface area (Å²) in [6.07, 6.45) is 2.28. The lowest BCUT2D eigenvalue weighted by Crippen LogP contribution is -2.50. The molecule has 2 N–H and O–H groups in total. The van der Waals surface area contributed by atoms with Crippen LogP contribution in [0.3, 0.4) is 0 Å². The van der Waals surface area contributed by atoms with Crippen molar-refractivity contribution < 1.29 is 18.0 Å². The zero-order valence-electron chi connectivity index (χ0n) is 14.3. The highest BCUT2D eigenvalue weighted by Crippen LogP contribution is 2.26. The lowest BCUT2D eigenvalue weighted by Gasteiger charge is -2.32. The van der Waals surface area contributed by atoms with Gasteiger partial charge in [0.1, 0.15) is 0 Å². The first-order valence-corrected chi connectivity index (χ1v) is 11.1. The first-order valence-electron chi connectivity index (χ1n) is 8.23. The SMILES string of the molecule is CS(=O)(=O)c1ccc(CC(=O)N[C@@H]2CCC(=O)N[C@H]2c2ccsc2)cc1.